The highest BCUT2D eigenvalue weighted by atomic mass is 14.1. The van der Waals surface area contributed by atoms with E-state index in [1.54, 1.807) is 6.08 Å². The summed E-state index contributed by atoms with van der Waals surface area (Å²) in [4.78, 5) is 0. The van der Waals surface area contributed by atoms with Gasteiger partial charge in [-0.2, -0.15) is 0 Å². The smallest absolute Gasteiger partial charge is 0.0113 e. The van der Waals surface area contributed by atoms with Crippen LogP contribution in [0.5, 0.6) is 0 Å². The number of rotatable bonds is 6. The third-order valence-electron chi connectivity index (χ3n) is 2.48. The molecule has 0 N–H and O–H groups in total. The summed E-state index contributed by atoms with van der Waals surface area (Å²) in [5, 5.41) is 0. The van der Waals surface area contributed by atoms with E-state index in [-0.39, 0.29) is 0 Å². The third kappa shape index (κ3) is 4.28. The van der Waals surface area contributed by atoms with E-state index in [2.05, 4.69) is 32.7 Å². The Labute approximate surface area is 106 Å². The van der Waals surface area contributed by atoms with Crippen LogP contribution in [-0.2, 0) is 0 Å². The molecule has 0 rings (SSSR count). The molecule has 0 aromatic rings. The number of hydrogen-bond donors (Lipinski definition) is 0. The summed E-state index contributed by atoms with van der Waals surface area (Å²) in [6.07, 6.45) is 13.7. The van der Waals surface area contributed by atoms with Gasteiger partial charge in [-0.05, 0) is 43.1 Å². The fourth-order valence-electron chi connectivity index (χ4n) is 1.55. The van der Waals surface area contributed by atoms with Crippen molar-refractivity contribution in [3.05, 3.63) is 84.6 Å². The quantitative estimate of drug-likeness (QED) is 0.538. The molecule has 0 aromatic heterocycles. The molecule has 0 fully saturated rings. The molecule has 0 amide bonds. The molecular weight excluding hydrogens is 204 g/mol. The first-order valence-electron chi connectivity index (χ1n) is 5.74. The van der Waals surface area contributed by atoms with Gasteiger partial charge in [-0.15, -0.1) is 0 Å². The van der Waals surface area contributed by atoms with Crippen LogP contribution >= 0.6 is 0 Å². The van der Waals surface area contributed by atoms with Crippen LogP contribution < -0.4 is 0 Å². The van der Waals surface area contributed by atoms with E-state index in [9.17, 15) is 0 Å². The van der Waals surface area contributed by atoms with Gasteiger partial charge in [0.25, 0.3) is 0 Å². The van der Waals surface area contributed by atoms with E-state index in [4.69, 9.17) is 0 Å². The minimum Gasteiger partial charge on any atom is -0.0990 e. The van der Waals surface area contributed by atoms with Crippen molar-refractivity contribution in [2.24, 2.45) is 0 Å². The Morgan fingerprint density at radius 2 is 1.65 bits per heavy atom. The zero-order valence-corrected chi connectivity index (χ0v) is 11.2. The predicted molar refractivity (Wildman–Crippen MR) is 79.9 cm³/mol. The summed E-state index contributed by atoms with van der Waals surface area (Å²) in [6, 6.07) is 0. The lowest BCUT2D eigenvalue weighted by Crippen LogP contribution is -1.93. The van der Waals surface area contributed by atoms with E-state index in [1.807, 2.05) is 44.2 Å². The number of hydrogen-bond acceptors (Lipinski definition) is 0. The fraction of sp³-hybridized carbons (Fsp3) is 0.176. The Bertz CT molecular complexity index is 409. The van der Waals surface area contributed by atoms with Crippen LogP contribution in [0, 0.1) is 0 Å². The van der Waals surface area contributed by atoms with Crippen LogP contribution in [0.1, 0.15) is 20.8 Å². The highest BCUT2D eigenvalue weighted by Crippen LogP contribution is 2.25. The Hall–Kier alpha value is -1.82. The van der Waals surface area contributed by atoms with Crippen molar-refractivity contribution in [3.63, 3.8) is 0 Å². The molecule has 0 aliphatic rings. The summed E-state index contributed by atoms with van der Waals surface area (Å²) in [5.74, 6) is 0. The maximum atomic E-state index is 3.85. The van der Waals surface area contributed by atoms with Gasteiger partial charge in [0.1, 0.15) is 0 Å². The van der Waals surface area contributed by atoms with Crippen LogP contribution in [0.3, 0.4) is 0 Å². The van der Waals surface area contributed by atoms with Crippen molar-refractivity contribution in [2.45, 2.75) is 20.8 Å². The first kappa shape index (κ1) is 15.2. The molecule has 17 heavy (non-hydrogen) atoms. The van der Waals surface area contributed by atoms with Crippen molar-refractivity contribution in [3.8, 4) is 0 Å². The minimum absolute atomic E-state index is 1.10. The average Bonchev–Trinajstić information content (AvgIpc) is 2.35. The second-order valence-corrected chi connectivity index (χ2v) is 3.56. The van der Waals surface area contributed by atoms with Gasteiger partial charge in [-0.1, -0.05) is 62.3 Å². The van der Waals surface area contributed by atoms with Crippen LogP contribution in [0.2, 0.25) is 0 Å². The zero-order valence-electron chi connectivity index (χ0n) is 11.2. The van der Waals surface area contributed by atoms with Gasteiger partial charge < -0.3 is 0 Å². The summed E-state index contributed by atoms with van der Waals surface area (Å²) >= 11 is 0. The minimum atomic E-state index is 1.10. The largest absolute Gasteiger partial charge is 0.0990 e. The Morgan fingerprint density at radius 3 is 2.00 bits per heavy atom. The average molecular weight is 226 g/mol. The van der Waals surface area contributed by atoms with E-state index >= 15 is 0 Å². The van der Waals surface area contributed by atoms with Gasteiger partial charge in [0.05, 0.1) is 0 Å². The first-order valence-corrected chi connectivity index (χ1v) is 5.74. The zero-order chi connectivity index (χ0) is 13.3. The normalized spacial score (nSPS) is 14.5. The molecule has 0 saturated carbocycles. The SMILES string of the molecule is C=C/C=C(C(\C=C)=C/C)/C(/C=C\C)=C(\C)C=C. The van der Waals surface area contributed by atoms with E-state index < -0.39 is 0 Å². The predicted octanol–water partition coefficient (Wildman–Crippen LogP) is 5.31. The highest BCUT2D eigenvalue weighted by molar-refractivity contribution is 5.59. The van der Waals surface area contributed by atoms with E-state index in [0.29, 0.717) is 0 Å². The summed E-state index contributed by atoms with van der Waals surface area (Å²) in [6.45, 7) is 17.5. The number of allylic oxidation sites excluding steroid dienone is 11. The molecule has 0 aromatic carbocycles. The summed E-state index contributed by atoms with van der Waals surface area (Å²) in [7, 11) is 0. The van der Waals surface area contributed by atoms with E-state index in [0.717, 1.165) is 22.3 Å². The van der Waals surface area contributed by atoms with Gasteiger partial charge in [0.2, 0.25) is 0 Å². The molecule has 0 nitrogen and oxygen atoms in total. The molecule has 90 valence electrons. The van der Waals surface area contributed by atoms with Crippen molar-refractivity contribution in [1.82, 2.24) is 0 Å². The van der Waals surface area contributed by atoms with Gasteiger partial charge in [0.15, 0.2) is 0 Å². The van der Waals surface area contributed by atoms with Crippen LogP contribution in [0.4, 0.5) is 0 Å². The third-order valence-corrected chi connectivity index (χ3v) is 2.48. The highest BCUT2D eigenvalue weighted by Gasteiger charge is 2.06. The van der Waals surface area contributed by atoms with Gasteiger partial charge in [-0.3, -0.25) is 0 Å². The molecular formula is C17H22. The van der Waals surface area contributed by atoms with Gasteiger partial charge >= 0.3 is 0 Å². The maximum absolute atomic E-state index is 3.85. The molecule has 0 heteroatoms. The molecule has 0 spiro atoms. The second-order valence-electron chi connectivity index (χ2n) is 3.56. The maximum Gasteiger partial charge on any atom is -0.0113 e. The van der Waals surface area contributed by atoms with Crippen molar-refractivity contribution in [2.75, 3.05) is 0 Å². The Morgan fingerprint density at radius 1 is 1.00 bits per heavy atom. The Kier molecular flexibility index (Phi) is 7.45. The molecule has 0 heterocycles. The van der Waals surface area contributed by atoms with Crippen molar-refractivity contribution >= 4 is 0 Å². The van der Waals surface area contributed by atoms with Crippen LogP contribution in [-0.4, -0.2) is 0 Å². The van der Waals surface area contributed by atoms with Gasteiger partial charge in [-0.25, -0.2) is 0 Å². The molecule has 0 unspecified atom stereocenters. The molecule has 0 radical (unpaired) electrons. The van der Waals surface area contributed by atoms with Gasteiger partial charge in [0, 0.05) is 0 Å². The monoisotopic (exact) mass is 226 g/mol. The molecule has 0 atom stereocenters. The summed E-state index contributed by atoms with van der Waals surface area (Å²) in [5.41, 5.74) is 4.50. The molecule has 0 bridgehead atoms. The topological polar surface area (TPSA) is 0 Å². The molecule has 0 aliphatic heterocycles. The van der Waals surface area contributed by atoms with Crippen molar-refractivity contribution in [1.29, 1.82) is 0 Å². The molecule has 0 saturated heterocycles. The van der Waals surface area contributed by atoms with Crippen molar-refractivity contribution < 1.29 is 0 Å². The first-order chi connectivity index (χ1) is 8.15. The van der Waals surface area contributed by atoms with Crippen LogP contribution in [0.15, 0.2) is 84.6 Å². The van der Waals surface area contributed by atoms with E-state index in [1.165, 1.54) is 0 Å². The molecule has 0 aliphatic carbocycles. The standard InChI is InChI=1S/C17H22/c1-7-12-16(14(6)9-3)17(13-8-2)15(10-4)11-5/h7-13H,2-4H2,1,5-6H3/b12-7-,15-11-,16-14+,17-13+. The second kappa shape index (κ2) is 8.35. The lowest BCUT2D eigenvalue weighted by atomic mass is 9.93. The fourth-order valence-corrected chi connectivity index (χ4v) is 1.55. The Balaban J connectivity index is 5.91. The van der Waals surface area contributed by atoms with Crippen LogP contribution in [0.25, 0.3) is 0 Å². The lowest BCUT2D eigenvalue weighted by molar-refractivity contribution is 1.35. The lowest BCUT2D eigenvalue weighted by Gasteiger charge is -2.12. The summed E-state index contributed by atoms with van der Waals surface area (Å²) < 4.78 is 0.